The molecule has 0 fully saturated rings. The van der Waals surface area contributed by atoms with Crippen LogP contribution in [0.25, 0.3) is 0 Å². The maximum atomic E-state index is 13.2. The molecule has 11 N–H and O–H groups in total. The first-order valence-corrected chi connectivity index (χ1v) is 12.0. The average molecular weight is 523 g/mol. The number of amides is 4. The molecule has 1 aromatic rings. The van der Waals surface area contributed by atoms with Crippen LogP contribution in [0.3, 0.4) is 0 Å². The number of benzene rings is 1. The van der Waals surface area contributed by atoms with Crippen molar-refractivity contribution in [3.05, 3.63) is 29.8 Å². The van der Waals surface area contributed by atoms with E-state index in [0.717, 1.165) is 0 Å². The zero-order valence-corrected chi connectivity index (χ0v) is 21.1. The van der Waals surface area contributed by atoms with Crippen LogP contribution < -0.4 is 33.2 Å². The molecule has 206 valence electrons. The molecule has 0 aliphatic rings. The number of rotatable bonds is 16. The molecule has 0 bridgehead atoms. The summed E-state index contributed by atoms with van der Waals surface area (Å²) in [4.78, 5) is 61.5. The van der Waals surface area contributed by atoms with Gasteiger partial charge in [-0.2, -0.15) is 0 Å². The number of unbranched alkanes of at least 4 members (excludes halogenated alkanes) is 1. The summed E-state index contributed by atoms with van der Waals surface area (Å²) in [5.41, 5.74) is 17.1. The van der Waals surface area contributed by atoms with Crippen molar-refractivity contribution in [2.75, 3.05) is 6.54 Å². The van der Waals surface area contributed by atoms with E-state index in [0.29, 0.717) is 24.9 Å². The summed E-state index contributed by atoms with van der Waals surface area (Å²) in [5.74, 6) is -4.69. The summed E-state index contributed by atoms with van der Waals surface area (Å²) in [7, 11) is 0. The molecule has 0 aliphatic carbocycles. The number of primary amides is 1. The van der Waals surface area contributed by atoms with Crippen molar-refractivity contribution in [1.29, 1.82) is 0 Å². The Morgan fingerprint density at radius 2 is 1.41 bits per heavy atom. The van der Waals surface area contributed by atoms with Gasteiger partial charge in [0.15, 0.2) is 0 Å². The maximum Gasteiger partial charge on any atom is 0.326 e. The normalized spacial score (nSPS) is 14.2. The van der Waals surface area contributed by atoms with Crippen LogP contribution in [-0.2, 0) is 30.4 Å². The monoisotopic (exact) mass is 522 g/mol. The van der Waals surface area contributed by atoms with Crippen LogP contribution in [0.5, 0.6) is 5.75 Å². The highest BCUT2D eigenvalue weighted by atomic mass is 16.4. The number of hydrogen-bond acceptors (Lipinski definition) is 8. The van der Waals surface area contributed by atoms with Crippen LogP contribution in [-0.4, -0.2) is 70.5 Å². The summed E-state index contributed by atoms with van der Waals surface area (Å²) in [6.07, 6.45) is 0.620. The van der Waals surface area contributed by atoms with Crippen molar-refractivity contribution in [2.45, 2.75) is 70.1 Å². The molecule has 13 heteroatoms. The lowest BCUT2D eigenvalue weighted by Gasteiger charge is -2.26. The smallest absolute Gasteiger partial charge is 0.326 e. The summed E-state index contributed by atoms with van der Waals surface area (Å²) in [6, 6.07) is 1.08. The summed E-state index contributed by atoms with van der Waals surface area (Å²) in [6.45, 7) is 3.91. The van der Waals surface area contributed by atoms with Gasteiger partial charge in [-0.3, -0.25) is 19.2 Å². The van der Waals surface area contributed by atoms with E-state index in [-0.39, 0.29) is 24.5 Å². The first-order chi connectivity index (χ1) is 17.3. The standard InChI is InChI=1S/C24H38N6O7/c1-13(2)20(27)23(35)28-16(5-3-4-10-25)21(33)29-17(11-14-6-8-15(31)9-7-14)22(34)30-18(24(36)37)12-19(26)32/h6-9,13,16-18,20,31H,3-5,10-12,25,27H2,1-2H3,(H2,26,32)(H,28,35)(H,29,33)(H,30,34)(H,36,37). The van der Waals surface area contributed by atoms with E-state index in [9.17, 15) is 34.2 Å². The van der Waals surface area contributed by atoms with E-state index in [2.05, 4.69) is 16.0 Å². The predicted molar refractivity (Wildman–Crippen MR) is 135 cm³/mol. The molecule has 13 nitrogen and oxygen atoms in total. The Morgan fingerprint density at radius 3 is 1.92 bits per heavy atom. The Bertz CT molecular complexity index is 938. The second-order valence-corrected chi connectivity index (χ2v) is 9.12. The van der Waals surface area contributed by atoms with Gasteiger partial charge in [-0.1, -0.05) is 26.0 Å². The number of phenols is 1. The van der Waals surface area contributed by atoms with Crippen LogP contribution >= 0.6 is 0 Å². The highest BCUT2D eigenvalue weighted by Crippen LogP contribution is 2.12. The lowest BCUT2D eigenvalue weighted by Crippen LogP contribution is -2.58. The Labute approximate surface area is 215 Å². The third-order valence-corrected chi connectivity index (χ3v) is 5.63. The predicted octanol–water partition coefficient (Wildman–Crippen LogP) is -1.54. The fourth-order valence-electron chi connectivity index (χ4n) is 3.36. The molecule has 0 heterocycles. The number of carbonyl (C=O) groups excluding carboxylic acids is 4. The Morgan fingerprint density at radius 1 is 0.865 bits per heavy atom. The summed E-state index contributed by atoms with van der Waals surface area (Å²) >= 11 is 0. The molecule has 37 heavy (non-hydrogen) atoms. The first-order valence-electron chi connectivity index (χ1n) is 12.0. The molecule has 0 saturated carbocycles. The highest BCUT2D eigenvalue weighted by molar-refractivity contribution is 5.95. The maximum absolute atomic E-state index is 13.2. The van der Waals surface area contributed by atoms with Crippen LogP contribution in [0.15, 0.2) is 24.3 Å². The second-order valence-electron chi connectivity index (χ2n) is 9.12. The number of aromatic hydroxyl groups is 1. The fraction of sp³-hybridized carbons (Fsp3) is 0.542. The minimum Gasteiger partial charge on any atom is -0.508 e. The molecular weight excluding hydrogens is 484 g/mol. The summed E-state index contributed by atoms with van der Waals surface area (Å²) in [5, 5.41) is 26.3. The first kappa shape index (κ1) is 31.3. The van der Waals surface area contributed by atoms with Gasteiger partial charge in [0.2, 0.25) is 23.6 Å². The van der Waals surface area contributed by atoms with E-state index in [1.165, 1.54) is 24.3 Å². The van der Waals surface area contributed by atoms with Crippen molar-refractivity contribution in [2.24, 2.45) is 23.1 Å². The van der Waals surface area contributed by atoms with Gasteiger partial charge in [0.25, 0.3) is 0 Å². The quantitative estimate of drug-likeness (QED) is 0.117. The lowest BCUT2D eigenvalue weighted by atomic mass is 10.0. The molecule has 4 atom stereocenters. The summed E-state index contributed by atoms with van der Waals surface area (Å²) < 4.78 is 0. The number of carboxylic acid groups (broad SMARTS) is 1. The van der Waals surface area contributed by atoms with E-state index >= 15 is 0 Å². The van der Waals surface area contributed by atoms with Crippen molar-refractivity contribution in [1.82, 2.24) is 16.0 Å². The minimum atomic E-state index is -1.60. The molecule has 1 aromatic carbocycles. The van der Waals surface area contributed by atoms with Gasteiger partial charge in [0.05, 0.1) is 12.5 Å². The van der Waals surface area contributed by atoms with E-state index in [1.807, 2.05) is 0 Å². The van der Waals surface area contributed by atoms with Gasteiger partial charge in [0.1, 0.15) is 23.9 Å². The molecule has 0 radical (unpaired) electrons. The van der Waals surface area contributed by atoms with Crippen molar-refractivity contribution < 1.29 is 34.2 Å². The van der Waals surface area contributed by atoms with Crippen LogP contribution in [0, 0.1) is 5.92 Å². The van der Waals surface area contributed by atoms with Crippen LogP contribution in [0.2, 0.25) is 0 Å². The molecule has 0 spiro atoms. The molecule has 0 saturated heterocycles. The Balaban J connectivity index is 3.17. The Hall–Kier alpha value is -3.71. The topological polar surface area (TPSA) is 240 Å². The number of phenolic OH excluding ortho intramolecular Hbond substituents is 1. The number of carbonyl (C=O) groups is 5. The second kappa shape index (κ2) is 15.4. The van der Waals surface area contributed by atoms with Crippen molar-refractivity contribution in [3.8, 4) is 5.75 Å². The lowest BCUT2D eigenvalue weighted by molar-refractivity contribution is -0.143. The third-order valence-electron chi connectivity index (χ3n) is 5.63. The molecule has 0 aliphatic heterocycles. The van der Waals surface area contributed by atoms with E-state index in [1.54, 1.807) is 13.8 Å². The van der Waals surface area contributed by atoms with Gasteiger partial charge < -0.3 is 43.4 Å². The molecule has 4 amide bonds. The number of carboxylic acids is 1. The number of nitrogens with two attached hydrogens (primary N) is 3. The van der Waals surface area contributed by atoms with E-state index < -0.39 is 60.2 Å². The molecule has 0 aromatic heterocycles. The zero-order valence-electron chi connectivity index (χ0n) is 21.1. The van der Waals surface area contributed by atoms with Gasteiger partial charge in [0, 0.05) is 6.42 Å². The fourth-order valence-corrected chi connectivity index (χ4v) is 3.36. The number of hydrogen-bond donors (Lipinski definition) is 8. The van der Waals surface area contributed by atoms with Gasteiger partial charge in [-0.25, -0.2) is 4.79 Å². The van der Waals surface area contributed by atoms with Gasteiger partial charge in [-0.15, -0.1) is 0 Å². The molecule has 1 rings (SSSR count). The number of nitrogens with one attached hydrogen (secondary N) is 3. The largest absolute Gasteiger partial charge is 0.508 e. The minimum absolute atomic E-state index is 0.00893. The van der Waals surface area contributed by atoms with Gasteiger partial charge >= 0.3 is 5.97 Å². The average Bonchev–Trinajstić information content (AvgIpc) is 2.82. The SMILES string of the molecule is CC(C)C(N)C(=O)NC(CCCCN)C(=O)NC(Cc1ccc(O)cc1)C(=O)NC(CC(N)=O)C(=O)O. The Kier molecular flexibility index (Phi) is 13.0. The number of aliphatic carboxylic acids is 1. The van der Waals surface area contributed by atoms with Crippen LogP contribution in [0.1, 0.15) is 45.1 Å². The van der Waals surface area contributed by atoms with Crippen molar-refractivity contribution >= 4 is 29.6 Å². The van der Waals surface area contributed by atoms with E-state index in [4.69, 9.17) is 17.2 Å². The van der Waals surface area contributed by atoms with Gasteiger partial charge in [-0.05, 0) is 49.4 Å². The molecule has 4 unspecified atom stereocenters. The molecular formula is C24H38N6O7. The van der Waals surface area contributed by atoms with Crippen molar-refractivity contribution in [3.63, 3.8) is 0 Å². The zero-order chi connectivity index (χ0) is 28.1. The van der Waals surface area contributed by atoms with Crippen LogP contribution in [0.4, 0.5) is 0 Å². The highest BCUT2D eigenvalue weighted by Gasteiger charge is 2.31. The third kappa shape index (κ3) is 11.3.